The molecule has 0 aliphatic carbocycles. The van der Waals surface area contributed by atoms with E-state index in [0.717, 1.165) is 18.1 Å². The zero-order valence-electron chi connectivity index (χ0n) is 11.9. The highest BCUT2D eigenvalue weighted by atomic mass is 16.3. The summed E-state index contributed by atoms with van der Waals surface area (Å²) < 4.78 is 1.86. The minimum Gasteiger partial charge on any atom is -0.391 e. The summed E-state index contributed by atoms with van der Waals surface area (Å²) in [6.45, 7) is 13.0. The Morgan fingerprint density at radius 3 is 2.29 bits per heavy atom. The molecule has 0 aliphatic heterocycles. The standard InChI is InChI=1S/C13H25N3O/c1-7-10(17)8-16-12(13(4,5)6)14-11(15-16)9(2)3/h9-10,17H,7-8H2,1-6H3. The second-order valence-corrected chi connectivity index (χ2v) is 5.94. The van der Waals surface area contributed by atoms with E-state index >= 15 is 0 Å². The molecule has 1 unspecified atom stereocenters. The van der Waals surface area contributed by atoms with Crippen LogP contribution in [0.25, 0.3) is 0 Å². The fourth-order valence-electron chi connectivity index (χ4n) is 1.62. The molecule has 0 fully saturated rings. The minimum atomic E-state index is -0.349. The van der Waals surface area contributed by atoms with Crippen molar-refractivity contribution in [2.45, 2.75) is 71.9 Å². The molecule has 4 nitrogen and oxygen atoms in total. The highest BCUT2D eigenvalue weighted by Gasteiger charge is 2.24. The average Bonchev–Trinajstić information content (AvgIpc) is 2.61. The van der Waals surface area contributed by atoms with Gasteiger partial charge in [-0.3, -0.25) is 0 Å². The van der Waals surface area contributed by atoms with Gasteiger partial charge in [0.2, 0.25) is 0 Å². The molecule has 0 aliphatic rings. The number of aromatic nitrogens is 3. The quantitative estimate of drug-likeness (QED) is 0.878. The monoisotopic (exact) mass is 239 g/mol. The number of rotatable bonds is 4. The molecule has 0 aromatic carbocycles. The van der Waals surface area contributed by atoms with Gasteiger partial charge in [-0.25, -0.2) is 9.67 Å². The maximum Gasteiger partial charge on any atom is 0.153 e. The highest BCUT2D eigenvalue weighted by molar-refractivity contribution is 5.06. The van der Waals surface area contributed by atoms with Gasteiger partial charge < -0.3 is 5.11 Å². The van der Waals surface area contributed by atoms with Gasteiger partial charge in [0.05, 0.1) is 12.6 Å². The lowest BCUT2D eigenvalue weighted by atomic mass is 9.95. The van der Waals surface area contributed by atoms with Crippen molar-refractivity contribution in [3.63, 3.8) is 0 Å². The summed E-state index contributed by atoms with van der Waals surface area (Å²) in [5.74, 6) is 2.13. The molecule has 1 aromatic rings. The van der Waals surface area contributed by atoms with E-state index in [2.05, 4.69) is 44.7 Å². The maximum absolute atomic E-state index is 9.76. The van der Waals surface area contributed by atoms with E-state index in [1.165, 1.54) is 0 Å². The van der Waals surface area contributed by atoms with Gasteiger partial charge in [-0.2, -0.15) is 5.10 Å². The summed E-state index contributed by atoms with van der Waals surface area (Å²) in [6.07, 6.45) is 0.387. The van der Waals surface area contributed by atoms with Crippen LogP contribution in [0.3, 0.4) is 0 Å². The number of aliphatic hydroxyl groups excluding tert-OH is 1. The molecule has 1 rings (SSSR count). The molecule has 0 bridgehead atoms. The summed E-state index contributed by atoms with van der Waals surface area (Å²) >= 11 is 0. The average molecular weight is 239 g/mol. The summed E-state index contributed by atoms with van der Waals surface area (Å²) in [4.78, 5) is 4.61. The van der Waals surface area contributed by atoms with Crippen molar-refractivity contribution in [1.82, 2.24) is 14.8 Å². The Morgan fingerprint density at radius 1 is 1.29 bits per heavy atom. The second kappa shape index (κ2) is 5.17. The van der Waals surface area contributed by atoms with E-state index in [4.69, 9.17) is 0 Å². The van der Waals surface area contributed by atoms with E-state index in [9.17, 15) is 5.11 Å². The van der Waals surface area contributed by atoms with E-state index in [1.54, 1.807) is 0 Å². The molecule has 0 amide bonds. The predicted octanol–water partition coefficient (Wildman–Crippen LogP) is 2.47. The van der Waals surface area contributed by atoms with Crippen LogP contribution in [-0.4, -0.2) is 26.0 Å². The van der Waals surface area contributed by atoms with Gasteiger partial charge in [-0.1, -0.05) is 41.5 Å². The molecule has 98 valence electrons. The van der Waals surface area contributed by atoms with Crippen LogP contribution in [0, 0.1) is 0 Å². The summed E-state index contributed by atoms with van der Waals surface area (Å²) in [5, 5.41) is 14.3. The SMILES string of the molecule is CCC(O)Cn1nc(C(C)C)nc1C(C)(C)C. The van der Waals surface area contributed by atoms with Crippen molar-refractivity contribution >= 4 is 0 Å². The molecule has 0 spiro atoms. The third-order valence-electron chi connectivity index (χ3n) is 2.73. The van der Waals surface area contributed by atoms with Crippen LogP contribution in [0.5, 0.6) is 0 Å². The van der Waals surface area contributed by atoms with Crippen molar-refractivity contribution in [2.24, 2.45) is 0 Å². The Bertz CT molecular complexity index is 363. The molecule has 1 atom stereocenters. The zero-order chi connectivity index (χ0) is 13.2. The second-order valence-electron chi connectivity index (χ2n) is 5.94. The van der Waals surface area contributed by atoms with E-state index < -0.39 is 0 Å². The lowest BCUT2D eigenvalue weighted by Gasteiger charge is -2.19. The minimum absolute atomic E-state index is 0.0480. The molecule has 17 heavy (non-hydrogen) atoms. The van der Waals surface area contributed by atoms with Crippen LogP contribution < -0.4 is 0 Å². The zero-order valence-corrected chi connectivity index (χ0v) is 11.9. The topological polar surface area (TPSA) is 50.9 Å². The number of aliphatic hydroxyl groups is 1. The first-order chi connectivity index (χ1) is 7.75. The van der Waals surface area contributed by atoms with Gasteiger partial charge in [-0.15, -0.1) is 0 Å². The fraction of sp³-hybridized carbons (Fsp3) is 0.846. The largest absolute Gasteiger partial charge is 0.391 e. The number of hydrogen-bond donors (Lipinski definition) is 1. The predicted molar refractivity (Wildman–Crippen MR) is 69.1 cm³/mol. The van der Waals surface area contributed by atoms with Crippen molar-refractivity contribution in [2.75, 3.05) is 0 Å². The van der Waals surface area contributed by atoms with Gasteiger partial charge >= 0.3 is 0 Å². The van der Waals surface area contributed by atoms with Crippen LogP contribution >= 0.6 is 0 Å². The molecule has 1 heterocycles. The molecule has 1 aromatic heterocycles. The van der Waals surface area contributed by atoms with Crippen molar-refractivity contribution < 1.29 is 5.11 Å². The molecule has 0 saturated heterocycles. The van der Waals surface area contributed by atoms with Crippen molar-refractivity contribution in [1.29, 1.82) is 0 Å². The van der Waals surface area contributed by atoms with Crippen LogP contribution in [-0.2, 0) is 12.0 Å². The van der Waals surface area contributed by atoms with Crippen molar-refractivity contribution in [3.8, 4) is 0 Å². The van der Waals surface area contributed by atoms with Crippen LogP contribution in [0.15, 0.2) is 0 Å². The highest BCUT2D eigenvalue weighted by Crippen LogP contribution is 2.22. The Labute approximate surface area is 104 Å². The Kier molecular flexibility index (Phi) is 4.31. The van der Waals surface area contributed by atoms with Crippen LogP contribution in [0.4, 0.5) is 0 Å². The summed E-state index contributed by atoms with van der Waals surface area (Å²) in [5.41, 5.74) is -0.0480. The van der Waals surface area contributed by atoms with E-state index in [1.807, 2.05) is 11.6 Å². The molecular weight excluding hydrogens is 214 g/mol. The number of hydrogen-bond acceptors (Lipinski definition) is 3. The first-order valence-corrected chi connectivity index (χ1v) is 6.39. The number of nitrogens with zero attached hydrogens (tertiary/aromatic N) is 3. The maximum atomic E-state index is 9.76. The molecular formula is C13H25N3O. The molecule has 0 saturated carbocycles. The molecule has 4 heteroatoms. The van der Waals surface area contributed by atoms with Crippen molar-refractivity contribution in [3.05, 3.63) is 11.6 Å². The Hall–Kier alpha value is -0.900. The van der Waals surface area contributed by atoms with E-state index in [-0.39, 0.29) is 11.5 Å². The van der Waals surface area contributed by atoms with Crippen LogP contribution in [0.2, 0.25) is 0 Å². The first kappa shape index (κ1) is 14.2. The third kappa shape index (κ3) is 3.53. The van der Waals surface area contributed by atoms with Gasteiger partial charge in [0.25, 0.3) is 0 Å². The van der Waals surface area contributed by atoms with Gasteiger partial charge in [0, 0.05) is 11.3 Å². The Balaban J connectivity index is 3.08. The first-order valence-electron chi connectivity index (χ1n) is 6.39. The lowest BCUT2D eigenvalue weighted by molar-refractivity contribution is 0.142. The van der Waals surface area contributed by atoms with E-state index in [0.29, 0.717) is 12.5 Å². The lowest BCUT2D eigenvalue weighted by Crippen LogP contribution is -2.24. The summed E-state index contributed by atoms with van der Waals surface area (Å²) in [6, 6.07) is 0. The van der Waals surface area contributed by atoms with Gasteiger partial charge in [0.15, 0.2) is 5.82 Å². The fourth-order valence-corrected chi connectivity index (χ4v) is 1.62. The van der Waals surface area contributed by atoms with Crippen LogP contribution in [0.1, 0.15) is 65.5 Å². The molecule has 1 N–H and O–H groups in total. The third-order valence-corrected chi connectivity index (χ3v) is 2.73. The normalized spacial score (nSPS) is 14.4. The molecule has 0 radical (unpaired) electrons. The van der Waals surface area contributed by atoms with Gasteiger partial charge in [0.1, 0.15) is 5.82 Å². The van der Waals surface area contributed by atoms with Gasteiger partial charge in [-0.05, 0) is 6.42 Å². The summed E-state index contributed by atoms with van der Waals surface area (Å²) in [7, 11) is 0. The Morgan fingerprint density at radius 2 is 1.88 bits per heavy atom. The smallest absolute Gasteiger partial charge is 0.153 e.